The van der Waals surface area contributed by atoms with Crippen molar-refractivity contribution in [3.05, 3.63) is 24.3 Å². The quantitative estimate of drug-likeness (QED) is 0.325. The minimum Gasteiger partial charge on any atom is -0.406 e. The lowest BCUT2D eigenvalue weighted by molar-refractivity contribution is -0.274. The van der Waals surface area contributed by atoms with Crippen LogP contribution in [0.3, 0.4) is 0 Å². The summed E-state index contributed by atoms with van der Waals surface area (Å²) in [5.41, 5.74) is 0.702. The molecule has 1 saturated heterocycles. The molecule has 37 heavy (non-hydrogen) atoms. The van der Waals surface area contributed by atoms with Crippen LogP contribution in [-0.4, -0.2) is 60.3 Å². The largest absolute Gasteiger partial charge is 0.573 e. The van der Waals surface area contributed by atoms with Crippen LogP contribution in [0.5, 0.6) is 5.75 Å². The third-order valence-electron chi connectivity index (χ3n) is 7.12. The number of amides is 2. The van der Waals surface area contributed by atoms with E-state index in [0.29, 0.717) is 18.2 Å². The van der Waals surface area contributed by atoms with Gasteiger partial charge in [-0.3, -0.25) is 9.59 Å². The summed E-state index contributed by atoms with van der Waals surface area (Å²) in [4.78, 5) is 28.1. The molecule has 1 heterocycles. The second kappa shape index (κ2) is 14.7. The van der Waals surface area contributed by atoms with Crippen LogP contribution in [0, 0.1) is 11.8 Å². The zero-order valence-electron chi connectivity index (χ0n) is 21.7. The zero-order valence-corrected chi connectivity index (χ0v) is 22.5. The van der Waals surface area contributed by atoms with Gasteiger partial charge in [-0.25, -0.2) is 0 Å². The Morgan fingerprint density at radius 2 is 1.78 bits per heavy atom. The van der Waals surface area contributed by atoms with Crippen molar-refractivity contribution in [2.75, 3.05) is 36.5 Å². The number of ether oxygens (including phenoxy) is 1. The van der Waals surface area contributed by atoms with E-state index >= 15 is 0 Å². The summed E-state index contributed by atoms with van der Waals surface area (Å²) < 4.78 is 40.7. The number of nitrogens with zero attached hydrogens (tertiary/aromatic N) is 1. The molecule has 2 N–H and O–H groups in total. The van der Waals surface area contributed by atoms with Gasteiger partial charge >= 0.3 is 6.36 Å². The van der Waals surface area contributed by atoms with Gasteiger partial charge in [-0.15, -0.1) is 13.2 Å². The summed E-state index contributed by atoms with van der Waals surface area (Å²) in [7, 11) is 0. The van der Waals surface area contributed by atoms with Crippen LogP contribution in [-0.2, 0) is 9.59 Å². The highest BCUT2D eigenvalue weighted by molar-refractivity contribution is 7.99. The number of hydrogen-bond acceptors (Lipinski definition) is 5. The van der Waals surface area contributed by atoms with E-state index in [-0.39, 0.29) is 35.9 Å². The number of benzene rings is 1. The van der Waals surface area contributed by atoms with E-state index in [1.54, 1.807) is 12.1 Å². The Labute approximate surface area is 222 Å². The maximum Gasteiger partial charge on any atom is 0.573 e. The summed E-state index contributed by atoms with van der Waals surface area (Å²) in [5, 5.41) is 6.32. The molecule has 1 aromatic carbocycles. The van der Waals surface area contributed by atoms with E-state index in [2.05, 4.69) is 15.4 Å². The molecule has 1 aliphatic carbocycles. The lowest BCUT2D eigenvalue weighted by Crippen LogP contribution is -2.43. The molecular weight excluding hydrogens is 503 g/mol. The van der Waals surface area contributed by atoms with Crippen molar-refractivity contribution in [1.29, 1.82) is 0 Å². The van der Waals surface area contributed by atoms with Crippen molar-refractivity contribution < 1.29 is 27.5 Å². The summed E-state index contributed by atoms with van der Waals surface area (Å²) >= 11 is 1.86. The minimum absolute atomic E-state index is 0.0222. The first-order valence-corrected chi connectivity index (χ1v) is 14.6. The average Bonchev–Trinajstić information content (AvgIpc) is 2.87. The first-order valence-electron chi connectivity index (χ1n) is 13.4. The predicted octanol–water partition coefficient (Wildman–Crippen LogP) is 5.83. The third kappa shape index (κ3) is 11.0. The van der Waals surface area contributed by atoms with Crippen LogP contribution in [0.1, 0.15) is 64.7 Å². The number of nitrogens with one attached hydrogen (secondary N) is 2. The van der Waals surface area contributed by atoms with E-state index < -0.39 is 6.36 Å². The molecule has 2 fully saturated rings. The lowest BCUT2D eigenvalue weighted by Gasteiger charge is -2.30. The number of halogens is 3. The Kier molecular flexibility index (Phi) is 11.7. The number of hydrogen-bond donors (Lipinski definition) is 2. The van der Waals surface area contributed by atoms with E-state index in [9.17, 15) is 22.8 Å². The molecule has 6 nitrogen and oxygen atoms in total. The van der Waals surface area contributed by atoms with Crippen molar-refractivity contribution in [3.63, 3.8) is 0 Å². The number of anilines is 1. The molecule has 2 aliphatic rings. The highest BCUT2D eigenvalue weighted by Crippen LogP contribution is 2.31. The third-order valence-corrected chi connectivity index (χ3v) is 8.06. The molecule has 1 aromatic rings. The van der Waals surface area contributed by atoms with E-state index in [0.717, 1.165) is 56.7 Å². The maximum absolute atomic E-state index is 13.2. The van der Waals surface area contributed by atoms with Gasteiger partial charge in [0.05, 0.1) is 0 Å². The fraction of sp³-hybridized carbons (Fsp3) is 0.704. The van der Waals surface area contributed by atoms with Gasteiger partial charge in [0.1, 0.15) is 5.75 Å². The molecule has 3 rings (SSSR count). The van der Waals surface area contributed by atoms with Gasteiger partial charge < -0.3 is 20.3 Å². The van der Waals surface area contributed by atoms with Crippen molar-refractivity contribution in [3.8, 4) is 5.75 Å². The van der Waals surface area contributed by atoms with Crippen molar-refractivity contribution in [2.24, 2.45) is 11.8 Å². The highest BCUT2D eigenvalue weighted by atomic mass is 32.2. The van der Waals surface area contributed by atoms with Gasteiger partial charge in [-0.05, 0) is 56.4 Å². The number of alkyl halides is 3. The number of carbonyl (C=O) groups excluding carboxylic acids is 2. The molecule has 2 amide bonds. The topological polar surface area (TPSA) is 70.7 Å². The van der Waals surface area contributed by atoms with Gasteiger partial charge in [0.25, 0.3) is 0 Å². The summed E-state index contributed by atoms with van der Waals surface area (Å²) in [6.45, 7) is 4.13. The van der Waals surface area contributed by atoms with Gasteiger partial charge in [0.2, 0.25) is 11.8 Å². The van der Waals surface area contributed by atoms with Crippen LogP contribution in [0.4, 0.5) is 18.9 Å². The van der Waals surface area contributed by atoms with Crippen LogP contribution in [0.15, 0.2) is 24.3 Å². The standard InChI is InChI=1S/C27H40F3N3O3S/c1-20(6-5-13-31-23-9-11-24(12-10-23)36-27(28,29)30)32-26(35)22(18-21-7-3-2-4-8-21)19-25(34)33-14-16-37-17-15-33/h9-12,20-22,31H,2-8,13-19H2,1H3,(H,32,35)/t20-,22+/m0/s1. The lowest BCUT2D eigenvalue weighted by atomic mass is 9.81. The highest BCUT2D eigenvalue weighted by Gasteiger charge is 2.31. The molecule has 10 heteroatoms. The molecule has 0 spiro atoms. The SMILES string of the molecule is C[C@@H](CCCNc1ccc(OC(F)(F)F)cc1)NC(=O)[C@@H](CC(=O)N1CCSCC1)CC1CCCCC1. The van der Waals surface area contributed by atoms with Crippen molar-refractivity contribution in [2.45, 2.75) is 77.1 Å². The summed E-state index contributed by atoms with van der Waals surface area (Å²) in [5.74, 6) is 1.97. The smallest absolute Gasteiger partial charge is 0.406 e. The summed E-state index contributed by atoms with van der Waals surface area (Å²) in [6.07, 6.45) is 3.85. The second-order valence-corrected chi connectivity index (χ2v) is 11.4. The minimum atomic E-state index is -4.70. The Morgan fingerprint density at radius 1 is 1.11 bits per heavy atom. The van der Waals surface area contributed by atoms with E-state index in [1.165, 1.54) is 31.4 Å². The van der Waals surface area contributed by atoms with Crippen LogP contribution < -0.4 is 15.4 Å². The first-order chi connectivity index (χ1) is 17.7. The maximum atomic E-state index is 13.2. The molecule has 208 valence electrons. The Morgan fingerprint density at radius 3 is 2.43 bits per heavy atom. The van der Waals surface area contributed by atoms with Crippen molar-refractivity contribution in [1.82, 2.24) is 10.2 Å². The predicted molar refractivity (Wildman–Crippen MR) is 142 cm³/mol. The normalized spacial score (nSPS) is 18.6. The van der Waals surface area contributed by atoms with E-state index in [4.69, 9.17) is 0 Å². The summed E-state index contributed by atoms with van der Waals surface area (Å²) in [6, 6.07) is 5.59. The van der Waals surface area contributed by atoms with E-state index in [1.807, 2.05) is 23.6 Å². The van der Waals surface area contributed by atoms with Crippen LogP contribution in [0.2, 0.25) is 0 Å². The molecule has 0 aromatic heterocycles. The molecular formula is C27H40F3N3O3S. The number of thioether (sulfide) groups is 1. The van der Waals surface area contributed by atoms with Crippen LogP contribution in [0.25, 0.3) is 0 Å². The fourth-order valence-corrected chi connectivity index (χ4v) is 6.01. The van der Waals surface area contributed by atoms with Gasteiger partial charge in [-0.2, -0.15) is 11.8 Å². The Balaban J connectivity index is 1.43. The molecule has 1 aliphatic heterocycles. The molecule has 2 atom stereocenters. The van der Waals surface area contributed by atoms with Crippen molar-refractivity contribution >= 4 is 29.3 Å². The zero-order chi connectivity index (χ0) is 26.7. The number of rotatable bonds is 12. The van der Waals surface area contributed by atoms with Gasteiger partial charge in [0, 0.05) is 55.2 Å². The molecule has 0 radical (unpaired) electrons. The molecule has 0 bridgehead atoms. The van der Waals surface area contributed by atoms with Gasteiger partial charge in [0.15, 0.2) is 0 Å². The molecule has 0 unspecified atom stereocenters. The fourth-order valence-electron chi connectivity index (χ4n) is 5.11. The average molecular weight is 544 g/mol. The Hall–Kier alpha value is -2.10. The Bertz CT molecular complexity index is 842. The first kappa shape index (κ1) is 29.5. The van der Waals surface area contributed by atoms with Crippen LogP contribution >= 0.6 is 11.8 Å². The van der Waals surface area contributed by atoms with Gasteiger partial charge in [-0.1, -0.05) is 32.1 Å². The number of carbonyl (C=O) groups is 2. The second-order valence-electron chi connectivity index (χ2n) is 10.2. The monoisotopic (exact) mass is 543 g/mol. The molecule has 1 saturated carbocycles.